The Balaban J connectivity index is 2.11. The SMILES string of the molecule is Nc1cccc2c1N(S(=O)(=O)c1ccc(F)c(Cl)c1)CC2. The van der Waals surface area contributed by atoms with Gasteiger partial charge in [-0.2, -0.15) is 0 Å². The van der Waals surface area contributed by atoms with Crippen molar-refractivity contribution in [3.63, 3.8) is 0 Å². The fourth-order valence-corrected chi connectivity index (χ4v) is 4.26. The van der Waals surface area contributed by atoms with Crippen molar-refractivity contribution in [3.05, 3.63) is 52.8 Å². The number of hydrogen-bond donors (Lipinski definition) is 1. The number of fused-ring (bicyclic) bond motifs is 1. The zero-order valence-electron chi connectivity index (χ0n) is 10.9. The van der Waals surface area contributed by atoms with Crippen molar-refractivity contribution >= 4 is 33.0 Å². The molecule has 2 N–H and O–H groups in total. The van der Waals surface area contributed by atoms with Crippen LogP contribution in [0.5, 0.6) is 0 Å². The smallest absolute Gasteiger partial charge is 0.264 e. The van der Waals surface area contributed by atoms with E-state index in [9.17, 15) is 12.8 Å². The Morgan fingerprint density at radius 3 is 2.71 bits per heavy atom. The molecule has 0 fully saturated rings. The molecule has 1 heterocycles. The summed E-state index contributed by atoms with van der Waals surface area (Å²) in [6.07, 6.45) is 0.592. The molecular weight excluding hydrogens is 315 g/mol. The first-order chi connectivity index (χ1) is 9.91. The van der Waals surface area contributed by atoms with Gasteiger partial charge in [-0.05, 0) is 36.2 Å². The van der Waals surface area contributed by atoms with Crippen LogP contribution in [-0.4, -0.2) is 15.0 Å². The number of hydrogen-bond acceptors (Lipinski definition) is 3. The lowest BCUT2D eigenvalue weighted by Gasteiger charge is -2.21. The van der Waals surface area contributed by atoms with Gasteiger partial charge in [0.05, 0.1) is 21.3 Å². The number of nitrogens with zero attached hydrogens (tertiary/aromatic N) is 1. The van der Waals surface area contributed by atoms with Gasteiger partial charge in [0.25, 0.3) is 10.0 Å². The average Bonchev–Trinajstić information content (AvgIpc) is 2.88. The van der Waals surface area contributed by atoms with E-state index in [0.717, 1.165) is 17.7 Å². The minimum absolute atomic E-state index is 0.0509. The third-order valence-corrected chi connectivity index (χ3v) is 5.55. The van der Waals surface area contributed by atoms with Gasteiger partial charge >= 0.3 is 0 Å². The van der Waals surface area contributed by atoms with Crippen molar-refractivity contribution in [1.29, 1.82) is 0 Å². The van der Waals surface area contributed by atoms with Gasteiger partial charge in [0.15, 0.2) is 0 Å². The van der Waals surface area contributed by atoms with E-state index in [4.69, 9.17) is 17.3 Å². The van der Waals surface area contributed by atoms with Crippen LogP contribution in [0, 0.1) is 5.82 Å². The fourth-order valence-electron chi connectivity index (χ4n) is 2.46. The molecule has 0 saturated heterocycles. The Hall–Kier alpha value is -1.79. The maximum absolute atomic E-state index is 13.2. The summed E-state index contributed by atoms with van der Waals surface area (Å²) in [6, 6.07) is 8.65. The minimum Gasteiger partial charge on any atom is -0.397 e. The maximum Gasteiger partial charge on any atom is 0.264 e. The zero-order chi connectivity index (χ0) is 15.2. The number of benzene rings is 2. The first-order valence-corrected chi connectivity index (χ1v) is 8.08. The summed E-state index contributed by atoms with van der Waals surface area (Å²) < 4.78 is 39.9. The molecule has 0 aromatic heterocycles. The van der Waals surface area contributed by atoms with Crippen molar-refractivity contribution in [3.8, 4) is 0 Å². The zero-order valence-corrected chi connectivity index (χ0v) is 12.5. The first kappa shape index (κ1) is 14.2. The third-order valence-electron chi connectivity index (χ3n) is 3.46. The number of nitrogen functional groups attached to an aromatic ring is 1. The molecule has 2 aromatic carbocycles. The molecule has 0 bridgehead atoms. The molecule has 3 rings (SSSR count). The summed E-state index contributed by atoms with van der Waals surface area (Å²) in [4.78, 5) is -0.0509. The largest absolute Gasteiger partial charge is 0.397 e. The molecule has 0 aliphatic carbocycles. The van der Waals surface area contributed by atoms with Gasteiger partial charge in [-0.25, -0.2) is 12.8 Å². The van der Waals surface area contributed by atoms with Crippen LogP contribution >= 0.6 is 11.6 Å². The second-order valence-corrected chi connectivity index (χ2v) is 7.03. The molecule has 0 unspecified atom stereocenters. The summed E-state index contributed by atoms with van der Waals surface area (Å²) in [5.41, 5.74) is 7.68. The summed E-state index contributed by atoms with van der Waals surface area (Å²) in [6.45, 7) is 0.306. The second kappa shape index (κ2) is 4.89. The standard InChI is InChI=1S/C14H12ClFN2O2S/c15-11-8-10(4-5-12(11)16)21(19,20)18-7-6-9-2-1-3-13(17)14(9)18/h1-5,8H,6-7,17H2. The van der Waals surface area contributed by atoms with Crippen LogP contribution < -0.4 is 10.0 Å². The topological polar surface area (TPSA) is 63.4 Å². The quantitative estimate of drug-likeness (QED) is 0.863. The Morgan fingerprint density at radius 2 is 2.00 bits per heavy atom. The van der Waals surface area contributed by atoms with Crippen LogP contribution in [-0.2, 0) is 16.4 Å². The van der Waals surface area contributed by atoms with E-state index in [0.29, 0.717) is 24.3 Å². The number of rotatable bonds is 2. The molecule has 1 aliphatic heterocycles. The molecular formula is C14H12ClFN2O2S. The Bertz CT molecular complexity index is 824. The highest BCUT2D eigenvalue weighted by Crippen LogP contribution is 2.37. The predicted molar refractivity (Wildman–Crippen MR) is 80.5 cm³/mol. The second-order valence-electron chi connectivity index (χ2n) is 4.76. The van der Waals surface area contributed by atoms with Crippen LogP contribution in [0.3, 0.4) is 0 Å². The van der Waals surface area contributed by atoms with E-state index in [2.05, 4.69) is 0 Å². The molecule has 0 amide bonds. The number of nitrogens with two attached hydrogens (primary N) is 1. The van der Waals surface area contributed by atoms with E-state index < -0.39 is 15.8 Å². The van der Waals surface area contributed by atoms with E-state index in [1.54, 1.807) is 12.1 Å². The highest BCUT2D eigenvalue weighted by molar-refractivity contribution is 7.92. The Labute approximate surface area is 127 Å². The highest BCUT2D eigenvalue weighted by atomic mass is 35.5. The van der Waals surface area contributed by atoms with Crippen LogP contribution in [0.15, 0.2) is 41.3 Å². The Morgan fingerprint density at radius 1 is 1.24 bits per heavy atom. The molecule has 110 valence electrons. The summed E-state index contributed by atoms with van der Waals surface area (Å²) >= 11 is 5.68. The first-order valence-electron chi connectivity index (χ1n) is 6.26. The molecule has 7 heteroatoms. The molecule has 0 radical (unpaired) electrons. The van der Waals surface area contributed by atoms with Crippen LogP contribution in [0.4, 0.5) is 15.8 Å². The van der Waals surface area contributed by atoms with Gasteiger partial charge in [0.1, 0.15) is 5.82 Å². The van der Waals surface area contributed by atoms with Crippen molar-refractivity contribution in [2.75, 3.05) is 16.6 Å². The van der Waals surface area contributed by atoms with Crippen LogP contribution in [0.1, 0.15) is 5.56 Å². The summed E-state index contributed by atoms with van der Waals surface area (Å²) in [7, 11) is -3.81. The number of para-hydroxylation sites is 1. The van der Waals surface area contributed by atoms with Crippen molar-refractivity contribution in [2.24, 2.45) is 0 Å². The lowest BCUT2D eigenvalue weighted by atomic mass is 10.1. The van der Waals surface area contributed by atoms with Gasteiger partial charge in [0.2, 0.25) is 0 Å². The summed E-state index contributed by atoms with van der Waals surface area (Å²) in [5.74, 6) is -0.656. The van der Waals surface area contributed by atoms with Crippen molar-refractivity contribution in [2.45, 2.75) is 11.3 Å². The molecule has 0 atom stereocenters. The maximum atomic E-state index is 13.2. The van der Waals surface area contributed by atoms with Gasteiger partial charge in [-0.1, -0.05) is 23.7 Å². The number of halogens is 2. The summed E-state index contributed by atoms with van der Waals surface area (Å²) in [5, 5.41) is -0.225. The van der Waals surface area contributed by atoms with Gasteiger partial charge < -0.3 is 5.73 Å². The lowest BCUT2D eigenvalue weighted by molar-refractivity contribution is 0.591. The molecule has 0 spiro atoms. The molecule has 2 aromatic rings. The predicted octanol–water partition coefficient (Wildman–Crippen LogP) is 2.81. The average molecular weight is 327 g/mol. The normalized spacial score (nSPS) is 14.3. The molecule has 0 saturated carbocycles. The fraction of sp³-hybridized carbons (Fsp3) is 0.143. The van der Waals surface area contributed by atoms with Crippen LogP contribution in [0.25, 0.3) is 0 Å². The van der Waals surface area contributed by atoms with E-state index in [1.807, 2.05) is 6.07 Å². The van der Waals surface area contributed by atoms with E-state index >= 15 is 0 Å². The molecule has 21 heavy (non-hydrogen) atoms. The minimum atomic E-state index is -3.81. The van der Waals surface area contributed by atoms with E-state index in [1.165, 1.54) is 10.4 Å². The number of anilines is 2. The molecule has 4 nitrogen and oxygen atoms in total. The lowest BCUT2D eigenvalue weighted by Crippen LogP contribution is -2.29. The molecule has 1 aliphatic rings. The van der Waals surface area contributed by atoms with E-state index in [-0.39, 0.29) is 9.92 Å². The highest BCUT2D eigenvalue weighted by Gasteiger charge is 2.32. The monoisotopic (exact) mass is 326 g/mol. The van der Waals surface area contributed by atoms with Crippen LogP contribution in [0.2, 0.25) is 5.02 Å². The third kappa shape index (κ3) is 2.24. The van der Waals surface area contributed by atoms with Crippen molar-refractivity contribution < 1.29 is 12.8 Å². The Kier molecular flexibility index (Phi) is 3.30. The van der Waals surface area contributed by atoms with Crippen molar-refractivity contribution in [1.82, 2.24) is 0 Å². The van der Waals surface area contributed by atoms with Gasteiger partial charge in [0, 0.05) is 6.54 Å². The van der Waals surface area contributed by atoms with Gasteiger partial charge in [-0.15, -0.1) is 0 Å². The number of sulfonamides is 1. The van der Waals surface area contributed by atoms with Gasteiger partial charge in [-0.3, -0.25) is 4.31 Å².